The summed E-state index contributed by atoms with van der Waals surface area (Å²) in [5.74, 6) is -0.239. The Labute approximate surface area is 468 Å². The van der Waals surface area contributed by atoms with Crippen LogP contribution < -0.4 is 5.32 Å². The SMILES string of the molecule is CCCCCCC/C=C\C/C=C\CCCCCCCCCCCCCC(=O)NC(COC1OC(CO)C(OC2OC(CO)C(O)C(O)C2O)C(O)C1O)C(O)/C=C/CCCCCCCCCCCCCCCCCCCC. The molecule has 14 heteroatoms. The summed E-state index contributed by atoms with van der Waals surface area (Å²) in [6.45, 7) is 2.81. The third kappa shape index (κ3) is 34.3. The molecule has 9 N–H and O–H groups in total. The lowest BCUT2D eigenvalue weighted by Gasteiger charge is -2.46. The Morgan fingerprint density at radius 2 is 0.857 bits per heavy atom. The van der Waals surface area contributed by atoms with Gasteiger partial charge in [-0.3, -0.25) is 4.79 Å². The zero-order valence-electron chi connectivity index (χ0n) is 48.7. The van der Waals surface area contributed by atoms with E-state index < -0.39 is 86.8 Å². The van der Waals surface area contributed by atoms with Crippen molar-refractivity contribution >= 4 is 5.91 Å². The summed E-state index contributed by atoms with van der Waals surface area (Å²) in [6, 6.07) is -0.916. The number of hydrogen-bond donors (Lipinski definition) is 9. The molecule has 0 aromatic carbocycles. The average molecular weight is 1100 g/mol. The maximum atomic E-state index is 13.3. The Morgan fingerprint density at radius 3 is 1.30 bits per heavy atom. The zero-order valence-corrected chi connectivity index (χ0v) is 48.7. The third-order valence-corrected chi connectivity index (χ3v) is 15.6. The van der Waals surface area contributed by atoms with Crippen molar-refractivity contribution in [2.24, 2.45) is 0 Å². The van der Waals surface area contributed by atoms with Crippen molar-refractivity contribution in [3.8, 4) is 0 Å². The molecule has 1 amide bonds. The Kier molecular flexibility index (Phi) is 45.3. The van der Waals surface area contributed by atoms with Gasteiger partial charge in [-0.05, 0) is 51.4 Å². The quantitative estimate of drug-likeness (QED) is 0.0204. The smallest absolute Gasteiger partial charge is 0.220 e. The van der Waals surface area contributed by atoms with Crippen LogP contribution in [0, 0.1) is 0 Å². The second kappa shape index (κ2) is 48.9. The summed E-state index contributed by atoms with van der Waals surface area (Å²) >= 11 is 0. The Morgan fingerprint density at radius 1 is 0.468 bits per heavy atom. The van der Waals surface area contributed by atoms with E-state index in [0.29, 0.717) is 6.42 Å². The number of carbonyl (C=O) groups excluding carboxylic acids is 1. The van der Waals surface area contributed by atoms with Crippen molar-refractivity contribution in [3.05, 3.63) is 36.5 Å². The average Bonchev–Trinajstić information content (AvgIpc) is 3.44. The maximum absolute atomic E-state index is 13.3. The van der Waals surface area contributed by atoms with Gasteiger partial charge >= 0.3 is 0 Å². The van der Waals surface area contributed by atoms with Gasteiger partial charge in [0, 0.05) is 6.42 Å². The molecule has 12 unspecified atom stereocenters. The van der Waals surface area contributed by atoms with Crippen LogP contribution in [0.4, 0.5) is 0 Å². The second-order valence-electron chi connectivity index (χ2n) is 22.5. The lowest BCUT2D eigenvalue weighted by Crippen LogP contribution is -2.65. The normalized spacial score (nSPS) is 24.9. The summed E-state index contributed by atoms with van der Waals surface area (Å²) in [7, 11) is 0. The highest BCUT2D eigenvalue weighted by molar-refractivity contribution is 5.76. The first-order valence-electron chi connectivity index (χ1n) is 31.7. The lowest BCUT2D eigenvalue weighted by molar-refractivity contribution is -0.359. The molecule has 12 atom stereocenters. The van der Waals surface area contributed by atoms with Gasteiger partial charge in [0.2, 0.25) is 5.91 Å². The van der Waals surface area contributed by atoms with Gasteiger partial charge in [0.05, 0.1) is 32.0 Å². The lowest BCUT2D eigenvalue weighted by atomic mass is 9.97. The van der Waals surface area contributed by atoms with Gasteiger partial charge in [-0.2, -0.15) is 0 Å². The van der Waals surface area contributed by atoms with E-state index in [1.165, 1.54) is 193 Å². The molecule has 452 valence electrons. The van der Waals surface area contributed by atoms with E-state index in [4.69, 9.17) is 18.9 Å². The second-order valence-corrected chi connectivity index (χ2v) is 22.5. The number of carbonyl (C=O) groups is 1. The summed E-state index contributed by atoms with van der Waals surface area (Å²) < 4.78 is 22.8. The predicted octanol–water partition coefficient (Wildman–Crippen LogP) is 11.4. The molecule has 0 aromatic heterocycles. The predicted molar refractivity (Wildman–Crippen MR) is 309 cm³/mol. The third-order valence-electron chi connectivity index (χ3n) is 15.6. The largest absolute Gasteiger partial charge is 0.394 e. The number of nitrogens with one attached hydrogen (secondary N) is 1. The molecule has 0 spiro atoms. The topological polar surface area (TPSA) is 228 Å². The molecule has 2 aliphatic rings. The van der Waals surface area contributed by atoms with Gasteiger partial charge < -0.3 is 65.1 Å². The number of unbranched alkanes of at least 4 members (excludes halogenated alkanes) is 34. The van der Waals surface area contributed by atoms with Crippen LogP contribution in [0.1, 0.15) is 264 Å². The molecule has 14 nitrogen and oxygen atoms in total. The molecule has 2 heterocycles. The first-order valence-corrected chi connectivity index (χ1v) is 31.7. The number of aliphatic hydroxyl groups excluding tert-OH is 8. The van der Waals surface area contributed by atoms with Gasteiger partial charge in [-0.1, -0.05) is 243 Å². The molecule has 2 saturated heterocycles. The highest BCUT2D eigenvalue weighted by Crippen LogP contribution is 2.30. The summed E-state index contributed by atoms with van der Waals surface area (Å²) in [6.07, 6.45) is 43.2. The van der Waals surface area contributed by atoms with Crippen LogP contribution in [0.5, 0.6) is 0 Å². The molecule has 0 saturated carbocycles. The van der Waals surface area contributed by atoms with E-state index in [-0.39, 0.29) is 18.9 Å². The highest BCUT2D eigenvalue weighted by atomic mass is 16.7. The fourth-order valence-corrected chi connectivity index (χ4v) is 10.4. The van der Waals surface area contributed by atoms with E-state index in [2.05, 4.69) is 43.5 Å². The monoisotopic (exact) mass is 1100 g/mol. The number of ether oxygens (including phenoxy) is 4. The van der Waals surface area contributed by atoms with Crippen molar-refractivity contribution in [1.29, 1.82) is 0 Å². The van der Waals surface area contributed by atoms with E-state index >= 15 is 0 Å². The number of hydrogen-bond acceptors (Lipinski definition) is 13. The minimum absolute atomic E-state index is 0.239. The Hall–Kier alpha value is -1.79. The van der Waals surface area contributed by atoms with E-state index in [1.54, 1.807) is 6.08 Å². The van der Waals surface area contributed by atoms with Crippen LogP contribution in [0.15, 0.2) is 36.5 Å². The molecule has 0 bridgehead atoms. The molecule has 77 heavy (non-hydrogen) atoms. The number of rotatable bonds is 51. The Balaban J connectivity index is 1.74. The Bertz CT molecular complexity index is 1430. The van der Waals surface area contributed by atoms with Crippen LogP contribution in [-0.2, 0) is 23.7 Å². The van der Waals surface area contributed by atoms with E-state index in [9.17, 15) is 45.6 Å². The van der Waals surface area contributed by atoms with Crippen molar-refractivity contribution in [2.45, 2.75) is 338 Å². The fourth-order valence-electron chi connectivity index (χ4n) is 10.4. The van der Waals surface area contributed by atoms with Gasteiger partial charge in [0.15, 0.2) is 12.6 Å². The highest BCUT2D eigenvalue weighted by Gasteiger charge is 2.51. The minimum Gasteiger partial charge on any atom is -0.394 e. The van der Waals surface area contributed by atoms with Crippen molar-refractivity contribution in [1.82, 2.24) is 5.32 Å². The van der Waals surface area contributed by atoms with Crippen LogP contribution in [0.25, 0.3) is 0 Å². The van der Waals surface area contributed by atoms with Crippen LogP contribution in [0.3, 0.4) is 0 Å². The van der Waals surface area contributed by atoms with Crippen molar-refractivity contribution < 1.29 is 64.6 Å². The summed E-state index contributed by atoms with van der Waals surface area (Å²) in [5.41, 5.74) is 0. The molecule has 0 aliphatic carbocycles. The number of amides is 1. The molecular formula is C63H117NO13. The standard InChI is InChI=1S/C63H117NO13/c1-3-5-7-9-11-13-15-17-19-21-23-25-26-27-29-31-33-35-37-39-41-43-45-47-55(68)64-51(52(67)46-44-42-40-38-36-34-32-30-28-24-22-20-18-16-14-12-10-8-6-4-2)50-74-62-60(73)58(71)61(54(49-66)76-62)77-63-59(72)57(70)56(69)53(48-65)75-63/h15,17,21,23,44,46,51-54,56-63,65-67,69-73H,3-14,16,18-20,22,24-43,45,47-50H2,1-2H3,(H,64,68)/b17-15-,23-21-,46-44+. The first-order chi connectivity index (χ1) is 37.6. The first kappa shape index (κ1) is 71.3. The van der Waals surface area contributed by atoms with E-state index in [1.807, 2.05) is 6.08 Å². The molecule has 2 aliphatic heterocycles. The van der Waals surface area contributed by atoms with Crippen LogP contribution >= 0.6 is 0 Å². The summed E-state index contributed by atoms with van der Waals surface area (Å²) in [5, 5.41) is 87.2. The molecule has 0 aromatic rings. The fraction of sp³-hybridized carbons (Fsp3) is 0.889. The van der Waals surface area contributed by atoms with Crippen LogP contribution in [-0.4, -0.2) is 140 Å². The summed E-state index contributed by atoms with van der Waals surface area (Å²) in [4.78, 5) is 13.3. The van der Waals surface area contributed by atoms with Gasteiger partial charge in [0.25, 0.3) is 0 Å². The zero-order chi connectivity index (χ0) is 56.0. The minimum atomic E-state index is -1.79. The maximum Gasteiger partial charge on any atom is 0.220 e. The molecule has 0 radical (unpaired) electrons. The van der Waals surface area contributed by atoms with E-state index in [0.717, 1.165) is 44.9 Å². The van der Waals surface area contributed by atoms with Crippen molar-refractivity contribution in [2.75, 3.05) is 19.8 Å². The molecule has 2 fully saturated rings. The van der Waals surface area contributed by atoms with Crippen molar-refractivity contribution in [3.63, 3.8) is 0 Å². The number of allylic oxidation sites excluding steroid dienone is 5. The van der Waals surface area contributed by atoms with Crippen LogP contribution in [0.2, 0.25) is 0 Å². The van der Waals surface area contributed by atoms with Gasteiger partial charge in [-0.25, -0.2) is 0 Å². The molecule has 2 rings (SSSR count). The molecular weight excluding hydrogens is 979 g/mol. The van der Waals surface area contributed by atoms with Gasteiger partial charge in [0.1, 0.15) is 48.8 Å². The number of aliphatic hydroxyl groups is 8. The van der Waals surface area contributed by atoms with Gasteiger partial charge in [-0.15, -0.1) is 0 Å².